The van der Waals surface area contributed by atoms with Gasteiger partial charge in [0.25, 0.3) is 10.1 Å². The monoisotopic (exact) mass is 481 g/mol. The molecule has 3 rings (SSSR count). The van der Waals surface area contributed by atoms with Crippen molar-refractivity contribution in [2.24, 2.45) is 0 Å². The largest absolute Gasteiger partial charge is 0.342 e. The molecule has 0 spiro atoms. The number of likely N-dealkylation sites (tertiary alicyclic amines) is 1. The third-order valence-corrected chi connectivity index (χ3v) is 7.06. The number of rotatable bonds is 7. The molecule has 8 heteroatoms. The summed E-state index contributed by atoms with van der Waals surface area (Å²) in [5.41, 5.74) is 1.91. The predicted octanol–water partition coefficient (Wildman–Crippen LogP) is 4.65. The second-order valence-corrected chi connectivity index (χ2v) is 10.6. The van der Waals surface area contributed by atoms with Gasteiger partial charge in [-0.2, -0.15) is 8.42 Å². The van der Waals surface area contributed by atoms with Gasteiger partial charge in [-0.15, -0.1) is 0 Å². The number of halogens is 2. The van der Waals surface area contributed by atoms with E-state index in [-0.39, 0.29) is 29.5 Å². The summed E-state index contributed by atoms with van der Waals surface area (Å²) in [5, 5.41) is 0.236. The summed E-state index contributed by atoms with van der Waals surface area (Å²) >= 11 is 6.14. The fraction of sp³-hybridized carbons (Fsp3) is 0.458. The number of hydrogen-bond acceptors (Lipinski definition) is 4. The number of nitrogens with zero attached hydrogens (tertiary/aromatic N) is 1. The minimum atomic E-state index is -3.57. The van der Waals surface area contributed by atoms with Crippen molar-refractivity contribution >= 4 is 27.6 Å². The van der Waals surface area contributed by atoms with Crippen LogP contribution in [0.2, 0.25) is 5.02 Å². The Bertz CT molecular complexity index is 1040. The molecule has 0 radical (unpaired) electrons. The van der Waals surface area contributed by atoms with E-state index in [1.54, 1.807) is 11.0 Å². The summed E-state index contributed by atoms with van der Waals surface area (Å²) in [6.45, 7) is 3.01. The lowest BCUT2D eigenvalue weighted by atomic mass is 9.74. The number of benzene rings is 2. The Hall–Kier alpha value is -1.96. The average Bonchev–Trinajstić information content (AvgIpc) is 2.94. The number of aryl methyl sites for hydroxylation is 1. The highest BCUT2D eigenvalue weighted by Gasteiger charge is 2.37. The lowest BCUT2D eigenvalue weighted by molar-refractivity contribution is -0.131. The van der Waals surface area contributed by atoms with E-state index in [2.05, 4.69) is 0 Å². The molecule has 0 unspecified atom stereocenters. The summed E-state index contributed by atoms with van der Waals surface area (Å²) in [6.07, 6.45) is 3.87. The van der Waals surface area contributed by atoms with E-state index in [1.807, 2.05) is 31.2 Å². The van der Waals surface area contributed by atoms with Gasteiger partial charge in [0.15, 0.2) is 0 Å². The molecule has 1 amide bonds. The molecule has 0 N–H and O–H groups in total. The van der Waals surface area contributed by atoms with Crippen molar-refractivity contribution in [1.29, 1.82) is 0 Å². The highest BCUT2D eigenvalue weighted by molar-refractivity contribution is 7.85. The van der Waals surface area contributed by atoms with Gasteiger partial charge in [-0.05, 0) is 43.9 Å². The van der Waals surface area contributed by atoms with Crippen LogP contribution in [-0.2, 0) is 30.9 Å². The molecule has 0 bridgehead atoms. The fourth-order valence-corrected chi connectivity index (χ4v) is 4.96. The maximum Gasteiger partial charge on any atom is 0.264 e. The van der Waals surface area contributed by atoms with E-state index in [0.29, 0.717) is 19.5 Å². The van der Waals surface area contributed by atoms with Gasteiger partial charge < -0.3 is 4.90 Å². The number of carbonyl (C=O) groups excluding carboxylic acids is 1. The van der Waals surface area contributed by atoms with Gasteiger partial charge in [0.1, 0.15) is 5.82 Å². The number of hydrogen-bond donors (Lipinski definition) is 0. The van der Waals surface area contributed by atoms with E-state index < -0.39 is 21.4 Å². The van der Waals surface area contributed by atoms with Gasteiger partial charge in [-0.1, -0.05) is 53.9 Å². The third kappa shape index (κ3) is 6.30. The van der Waals surface area contributed by atoms with E-state index in [0.717, 1.165) is 36.6 Å². The first kappa shape index (κ1) is 24.7. The maximum absolute atomic E-state index is 14.3. The lowest BCUT2D eigenvalue weighted by Gasteiger charge is -2.37. The van der Waals surface area contributed by atoms with Crippen LogP contribution in [0.3, 0.4) is 0 Å². The standard InChI is InChI=1S/C24H29ClFNO4S/c1-18-8-10-19(11-9-18)24(13-15-31-32(2,29)30)12-3-4-14-27(17-24)23(28)16-20-21(25)6-5-7-22(20)26/h5-11H,3-4,12-17H2,1-2H3/t24-/m1/s1. The molecule has 2 aromatic rings. The Morgan fingerprint density at radius 1 is 1.19 bits per heavy atom. The molecule has 1 atom stereocenters. The fourth-order valence-electron chi connectivity index (χ4n) is 4.35. The lowest BCUT2D eigenvalue weighted by Crippen LogP contribution is -2.44. The van der Waals surface area contributed by atoms with Crippen LogP contribution in [0, 0.1) is 12.7 Å². The molecule has 1 aliphatic heterocycles. The Kier molecular flexibility index (Phi) is 7.96. The quantitative estimate of drug-likeness (QED) is 0.540. The molecule has 1 fully saturated rings. The maximum atomic E-state index is 14.3. The minimum absolute atomic E-state index is 0.0356. The van der Waals surface area contributed by atoms with Gasteiger partial charge >= 0.3 is 0 Å². The Balaban J connectivity index is 1.88. The van der Waals surface area contributed by atoms with Crippen molar-refractivity contribution < 1.29 is 21.8 Å². The molecule has 1 aliphatic rings. The molecular formula is C24H29ClFNO4S. The molecule has 0 aromatic heterocycles. The first-order chi connectivity index (χ1) is 15.1. The zero-order valence-electron chi connectivity index (χ0n) is 18.4. The van der Waals surface area contributed by atoms with Crippen LogP contribution in [0.5, 0.6) is 0 Å². The summed E-state index contributed by atoms with van der Waals surface area (Å²) in [4.78, 5) is 15.0. The molecule has 5 nitrogen and oxygen atoms in total. The summed E-state index contributed by atoms with van der Waals surface area (Å²) < 4.78 is 42.4. The minimum Gasteiger partial charge on any atom is -0.342 e. The van der Waals surface area contributed by atoms with Gasteiger partial charge in [-0.25, -0.2) is 4.39 Å². The molecule has 174 valence electrons. The van der Waals surface area contributed by atoms with Crippen LogP contribution >= 0.6 is 11.6 Å². The molecule has 2 aromatic carbocycles. The second-order valence-electron chi connectivity index (χ2n) is 8.57. The predicted molar refractivity (Wildman–Crippen MR) is 124 cm³/mol. The number of carbonyl (C=O) groups is 1. The number of amides is 1. The van der Waals surface area contributed by atoms with Crippen molar-refractivity contribution in [3.8, 4) is 0 Å². The van der Waals surface area contributed by atoms with Gasteiger partial charge in [0, 0.05) is 29.1 Å². The third-order valence-electron chi connectivity index (χ3n) is 6.11. The van der Waals surface area contributed by atoms with Crippen molar-refractivity contribution in [3.05, 3.63) is 70.0 Å². The molecule has 32 heavy (non-hydrogen) atoms. The Morgan fingerprint density at radius 3 is 2.56 bits per heavy atom. The SMILES string of the molecule is Cc1ccc([C@@]2(CCOS(C)(=O)=O)CCCCN(C(=O)Cc3c(F)cccc3Cl)C2)cc1. The topological polar surface area (TPSA) is 63.7 Å². The first-order valence-electron chi connectivity index (χ1n) is 10.7. The highest BCUT2D eigenvalue weighted by atomic mass is 35.5. The van der Waals surface area contributed by atoms with Crippen molar-refractivity contribution in [1.82, 2.24) is 4.90 Å². The van der Waals surface area contributed by atoms with Crippen LogP contribution in [-0.4, -0.2) is 45.2 Å². The first-order valence-corrected chi connectivity index (χ1v) is 12.9. The normalized spacial score (nSPS) is 19.6. The van der Waals surface area contributed by atoms with Gasteiger partial charge in [0.2, 0.25) is 5.91 Å². The molecular weight excluding hydrogens is 453 g/mol. The zero-order chi connectivity index (χ0) is 23.4. The van der Waals surface area contributed by atoms with Crippen LogP contribution in [0.15, 0.2) is 42.5 Å². The van der Waals surface area contributed by atoms with Crippen LogP contribution in [0.25, 0.3) is 0 Å². The zero-order valence-corrected chi connectivity index (χ0v) is 20.0. The van der Waals surface area contributed by atoms with Crippen LogP contribution in [0.1, 0.15) is 42.4 Å². The van der Waals surface area contributed by atoms with Gasteiger partial charge in [-0.3, -0.25) is 8.98 Å². The van der Waals surface area contributed by atoms with E-state index >= 15 is 0 Å². The second kappa shape index (κ2) is 10.3. The molecule has 0 aliphatic carbocycles. The van der Waals surface area contributed by atoms with Crippen LogP contribution in [0.4, 0.5) is 4.39 Å². The Labute approximate surface area is 194 Å². The highest BCUT2D eigenvalue weighted by Crippen LogP contribution is 2.37. The van der Waals surface area contributed by atoms with Crippen molar-refractivity contribution in [2.45, 2.75) is 44.4 Å². The summed E-state index contributed by atoms with van der Waals surface area (Å²) in [6, 6.07) is 12.5. The van der Waals surface area contributed by atoms with Gasteiger partial charge in [0.05, 0.1) is 19.3 Å². The average molecular weight is 482 g/mol. The van der Waals surface area contributed by atoms with Crippen molar-refractivity contribution in [3.63, 3.8) is 0 Å². The smallest absolute Gasteiger partial charge is 0.264 e. The molecule has 1 heterocycles. The summed E-state index contributed by atoms with van der Waals surface area (Å²) in [5.74, 6) is -0.688. The van der Waals surface area contributed by atoms with E-state index in [1.165, 1.54) is 12.1 Å². The summed E-state index contributed by atoms with van der Waals surface area (Å²) in [7, 11) is -3.57. The molecule has 1 saturated heterocycles. The van der Waals surface area contributed by atoms with E-state index in [9.17, 15) is 17.6 Å². The van der Waals surface area contributed by atoms with E-state index in [4.69, 9.17) is 15.8 Å². The van der Waals surface area contributed by atoms with Crippen molar-refractivity contribution in [2.75, 3.05) is 26.0 Å². The Morgan fingerprint density at radius 2 is 1.91 bits per heavy atom. The van der Waals surface area contributed by atoms with Crippen LogP contribution < -0.4 is 0 Å². The molecule has 0 saturated carbocycles.